The minimum atomic E-state index is -0.486. The molecule has 142 valence electrons. The molecule has 0 spiro atoms. The van der Waals surface area contributed by atoms with Crippen molar-refractivity contribution < 1.29 is 19.1 Å². The maximum atomic E-state index is 12.4. The van der Waals surface area contributed by atoms with E-state index in [0.29, 0.717) is 24.5 Å². The van der Waals surface area contributed by atoms with Crippen molar-refractivity contribution in [3.05, 3.63) is 65.7 Å². The zero-order chi connectivity index (χ0) is 18.9. The van der Waals surface area contributed by atoms with E-state index >= 15 is 0 Å². The third-order valence-corrected chi connectivity index (χ3v) is 4.33. The van der Waals surface area contributed by atoms with Gasteiger partial charge in [-0.1, -0.05) is 36.4 Å². The first kappa shape index (κ1) is 18.8. The number of benzene rings is 2. The van der Waals surface area contributed by atoms with Crippen LogP contribution >= 0.6 is 0 Å². The lowest BCUT2D eigenvalue weighted by atomic mass is 10.2. The van der Waals surface area contributed by atoms with Gasteiger partial charge in [-0.25, -0.2) is 4.79 Å². The van der Waals surface area contributed by atoms with E-state index in [1.807, 2.05) is 35.2 Å². The summed E-state index contributed by atoms with van der Waals surface area (Å²) in [5.74, 6) is 0.653. The number of carbonyl (C=O) groups excluding carboxylic acids is 2. The second kappa shape index (κ2) is 9.62. The summed E-state index contributed by atoms with van der Waals surface area (Å²) in [4.78, 5) is 25.9. The second-order valence-corrected chi connectivity index (χ2v) is 6.36. The molecule has 0 bridgehead atoms. The number of amides is 2. The third kappa shape index (κ3) is 5.74. The Hall–Kier alpha value is -3.02. The van der Waals surface area contributed by atoms with Crippen LogP contribution in [0.15, 0.2) is 54.6 Å². The van der Waals surface area contributed by atoms with Gasteiger partial charge in [0.05, 0.1) is 6.54 Å². The van der Waals surface area contributed by atoms with Crippen LogP contribution in [0.5, 0.6) is 5.75 Å². The molecule has 1 N–H and O–H groups in total. The summed E-state index contributed by atoms with van der Waals surface area (Å²) in [6, 6.07) is 16.6. The van der Waals surface area contributed by atoms with Crippen molar-refractivity contribution in [1.29, 1.82) is 0 Å². The third-order valence-electron chi connectivity index (χ3n) is 4.33. The zero-order valence-electron chi connectivity index (χ0n) is 15.2. The van der Waals surface area contributed by atoms with E-state index in [2.05, 4.69) is 5.32 Å². The first-order valence-electron chi connectivity index (χ1n) is 9.19. The predicted molar refractivity (Wildman–Crippen MR) is 102 cm³/mol. The van der Waals surface area contributed by atoms with Crippen molar-refractivity contribution in [1.82, 2.24) is 10.2 Å². The molecule has 0 atom stereocenters. The molecule has 2 aromatic carbocycles. The summed E-state index contributed by atoms with van der Waals surface area (Å²) >= 11 is 0. The van der Waals surface area contributed by atoms with E-state index in [1.54, 1.807) is 24.3 Å². The minimum absolute atomic E-state index is 0.0422. The smallest absolute Gasteiger partial charge is 0.407 e. The molecule has 0 radical (unpaired) electrons. The van der Waals surface area contributed by atoms with Crippen LogP contribution < -0.4 is 10.1 Å². The van der Waals surface area contributed by atoms with Crippen molar-refractivity contribution in [2.24, 2.45) is 0 Å². The number of rotatable bonds is 7. The van der Waals surface area contributed by atoms with Crippen LogP contribution in [0.4, 0.5) is 4.79 Å². The van der Waals surface area contributed by atoms with Crippen molar-refractivity contribution in [2.45, 2.75) is 19.4 Å². The fourth-order valence-electron chi connectivity index (χ4n) is 2.92. The lowest BCUT2D eigenvalue weighted by Crippen LogP contribution is -2.29. The van der Waals surface area contributed by atoms with E-state index in [9.17, 15) is 9.59 Å². The summed E-state index contributed by atoms with van der Waals surface area (Å²) in [6.45, 7) is 2.48. The number of ether oxygens (including phenoxy) is 2. The summed E-state index contributed by atoms with van der Waals surface area (Å²) < 4.78 is 10.8. The van der Waals surface area contributed by atoms with Gasteiger partial charge in [-0.2, -0.15) is 0 Å². The van der Waals surface area contributed by atoms with Gasteiger partial charge < -0.3 is 19.7 Å². The summed E-state index contributed by atoms with van der Waals surface area (Å²) in [6.07, 6.45) is 1.64. The standard InChI is InChI=1S/C21H24N2O4/c24-20(23-12-4-5-13-23)18-9-6-10-19(15-18)26-14-11-22-21(25)27-16-17-7-2-1-3-8-17/h1-3,6-10,15H,4-5,11-14,16H2,(H,22,25). The molecule has 1 fully saturated rings. The molecule has 0 aromatic heterocycles. The number of hydrogen-bond acceptors (Lipinski definition) is 4. The Morgan fingerprint density at radius 2 is 1.78 bits per heavy atom. The van der Waals surface area contributed by atoms with E-state index in [0.717, 1.165) is 31.5 Å². The van der Waals surface area contributed by atoms with Crippen LogP contribution in [0.3, 0.4) is 0 Å². The van der Waals surface area contributed by atoms with Gasteiger partial charge in [0.1, 0.15) is 19.0 Å². The topological polar surface area (TPSA) is 67.9 Å². The van der Waals surface area contributed by atoms with Crippen LogP contribution in [0.1, 0.15) is 28.8 Å². The fraction of sp³-hybridized carbons (Fsp3) is 0.333. The molecule has 2 amide bonds. The molecule has 1 aliphatic rings. The van der Waals surface area contributed by atoms with Crippen LogP contribution in [0.25, 0.3) is 0 Å². The highest BCUT2D eigenvalue weighted by Crippen LogP contribution is 2.17. The first-order valence-corrected chi connectivity index (χ1v) is 9.19. The Bertz CT molecular complexity index is 758. The number of hydrogen-bond donors (Lipinski definition) is 1. The van der Waals surface area contributed by atoms with Crippen LogP contribution in [0, 0.1) is 0 Å². The molecule has 2 aromatic rings. The Morgan fingerprint density at radius 3 is 2.56 bits per heavy atom. The van der Waals surface area contributed by atoms with Crippen LogP contribution in [0.2, 0.25) is 0 Å². The quantitative estimate of drug-likeness (QED) is 0.762. The van der Waals surface area contributed by atoms with Gasteiger partial charge in [0.15, 0.2) is 0 Å². The Kier molecular flexibility index (Phi) is 6.68. The van der Waals surface area contributed by atoms with Gasteiger partial charge in [-0.15, -0.1) is 0 Å². The second-order valence-electron chi connectivity index (χ2n) is 6.36. The summed E-state index contributed by atoms with van der Waals surface area (Å²) in [5, 5.41) is 2.64. The number of carbonyl (C=O) groups is 2. The number of nitrogens with zero attached hydrogens (tertiary/aromatic N) is 1. The van der Waals surface area contributed by atoms with Gasteiger partial charge in [-0.3, -0.25) is 4.79 Å². The van der Waals surface area contributed by atoms with Gasteiger partial charge in [0.25, 0.3) is 5.91 Å². The first-order chi connectivity index (χ1) is 13.2. The van der Waals surface area contributed by atoms with Crippen molar-refractivity contribution in [2.75, 3.05) is 26.2 Å². The maximum Gasteiger partial charge on any atom is 0.407 e. The summed E-state index contributed by atoms with van der Waals surface area (Å²) in [7, 11) is 0. The fourth-order valence-corrected chi connectivity index (χ4v) is 2.92. The van der Waals surface area contributed by atoms with Crippen molar-refractivity contribution >= 4 is 12.0 Å². The lowest BCUT2D eigenvalue weighted by molar-refractivity contribution is 0.0792. The average Bonchev–Trinajstić information content (AvgIpc) is 3.25. The molecule has 0 aliphatic carbocycles. The van der Waals surface area contributed by atoms with Gasteiger partial charge in [0, 0.05) is 18.7 Å². The molecular weight excluding hydrogens is 344 g/mol. The Balaban J connectivity index is 1.38. The van der Waals surface area contributed by atoms with E-state index < -0.39 is 6.09 Å². The SMILES string of the molecule is O=C(NCCOc1cccc(C(=O)N2CCCC2)c1)OCc1ccccc1. The number of likely N-dealkylation sites (tertiary alicyclic amines) is 1. The molecule has 1 heterocycles. The van der Waals surface area contributed by atoms with E-state index in [1.165, 1.54) is 0 Å². The minimum Gasteiger partial charge on any atom is -0.492 e. The van der Waals surface area contributed by atoms with Crippen LogP contribution in [-0.4, -0.2) is 43.1 Å². The highest BCUT2D eigenvalue weighted by molar-refractivity contribution is 5.94. The molecule has 1 saturated heterocycles. The highest BCUT2D eigenvalue weighted by Gasteiger charge is 2.19. The predicted octanol–water partition coefficient (Wildman–Crippen LogP) is 3.23. The maximum absolute atomic E-state index is 12.4. The van der Waals surface area contributed by atoms with Crippen molar-refractivity contribution in [3.8, 4) is 5.75 Å². The highest BCUT2D eigenvalue weighted by atomic mass is 16.5. The molecule has 0 unspecified atom stereocenters. The monoisotopic (exact) mass is 368 g/mol. The summed E-state index contributed by atoms with van der Waals surface area (Å²) in [5.41, 5.74) is 1.56. The van der Waals surface area contributed by atoms with E-state index in [-0.39, 0.29) is 12.5 Å². The average molecular weight is 368 g/mol. The lowest BCUT2D eigenvalue weighted by Gasteiger charge is -2.15. The van der Waals surface area contributed by atoms with Gasteiger partial charge in [-0.05, 0) is 36.6 Å². The normalized spacial score (nSPS) is 13.3. The molecule has 27 heavy (non-hydrogen) atoms. The molecule has 6 heteroatoms. The van der Waals surface area contributed by atoms with Gasteiger partial charge in [0.2, 0.25) is 0 Å². The molecular formula is C21H24N2O4. The molecule has 0 saturated carbocycles. The Morgan fingerprint density at radius 1 is 1.00 bits per heavy atom. The number of nitrogens with one attached hydrogen (secondary N) is 1. The van der Waals surface area contributed by atoms with Gasteiger partial charge >= 0.3 is 6.09 Å². The zero-order valence-corrected chi connectivity index (χ0v) is 15.2. The van der Waals surface area contributed by atoms with Crippen LogP contribution in [-0.2, 0) is 11.3 Å². The Labute approximate surface area is 159 Å². The molecule has 3 rings (SSSR count). The molecule has 1 aliphatic heterocycles. The molecule has 6 nitrogen and oxygen atoms in total. The van der Waals surface area contributed by atoms with Crippen molar-refractivity contribution in [3.63, 3.8) is 0 Å². The largest absolute Gasteiger partial charge is 0.492 e. The van der Waals surface area contributed by atoms with E-state index in [4.69, 9.17) is 9.47 Å². The number of alkyl carbamates (subject to hydrolysis) is 1.